The number of hydrogen-bond acceptors (Lipinski definition) is 3. The van der Waals surface area contributed by atoms with E-state index in [1.807, 2.05) is 75.4 Å². The molecule has 0 bridgehead atoms. The smallest absolute Gasteiger partial charge is 0.150 e. The van der Waals surface area contributed by atoms with Crippen molar-refractivity contribution in [1.29, 1.82) is 5.26 Å². The van der Waals surface area contributed by atoms with E-state index in [0.717, 1.165) is 45.4 Å². The van der Waals surface area contributed by atoms with Crippen molar-refractivity contribution in [2.45, 2.75) is 20.8 Å². The van der Waals surface area contributed by atoms with Crippen LogP contribution >= 0.6 is 0 Å². The first kappa shape index (κ1) is 18.3. The Kier molecular flexibility index (Phi) is 5.28. The number of aryl methyl sites for hydroxylation is 1. The molecule has 1 heterocycles. The second-order valence-corrected chi connectivity index (χ2v) is 6.58. The highest BCUT2D eigenvalue weighted by Crippen LogP contribution is 2.28. The van der Waals surface area contributed by atoms with Crippen LogP contribution in [0.5, 0.6) is 0 Å². The molecule has 0 saturated heterocycles. The van der Waals surface area contributed by atoms with Crippen molar-refractivity contribution in [1.82, 2.24) is 4.98 Å². The molecule has 0 aliphatic carbocycles. The van der Waals surface area contributed by atoms with Gasteiger partial charge >= 0.3 is 0 Å². The van der Waals surface area contributed by atoms with E-state index in [0.29, 0.717) is 11.1 Å². The Hall–Kier alpha value is -3.51. The number of hydrogen-bond donors (Lipinski definition) is 0. The Morgan fingerprint density at radius 3 is 2.48 bits per heavy atom. The van der Waals surface area contributed by atoms with Gasteiger partial charge in [-0.25, -0.2) is 0 Å². The molecule has 0 spiro atoms. The minimum absolute atomic E-state index is 0.663. The number of carbonyl (C=O) groups is 1. The summed E-state index contributed by atoms with van der Waals surface area (Å²) < 4.78 is 0. The number of benzene rings is 2. The van der Waals surface area contributed by atoms with Gasteiger partial charge in [-0.1, -0.05) is 36.4 Å². The molecule has 0 aliphatic heterocycles. The number of carbonyl (C=O) groups excluding carboxylic acids is 1. The lowest BCUT2D eigenvalue weighted by molar-refractivity contribution is 0.112. The summed E-state index contributed by atoms with van der Waals surface area (Å²) in [5, 5.41) is 9.30. The molecule has 27 heavy (non-hydrogen) atoms. The Bertz CT molecular complexity index is 1070. The highest BCUT2D eigenvalue weighted by Gasteiger charge is 2.09. The van der Waals surface area contributed by atoms with E-state index in [9.17, 15) is 10.1 Å². The van der Waals surface area contributed by atoms with E-state index >= 15 is 0 Å². The van der Waals surface area contributed by atoms with Crippen molar-refractivity contribution in [3.05, 3.63) is 88.2 Å². The van der Waals surface area contributed by atoms with Gasteiger partial charge in [0, 0.05) is 11.8 Å². The summed E-state index contributed by atoms with van der Waals surface area (Å²) in [5.74, 6) is 0. The highest BCUT2D eigenvalue weighted by atomic mass is 16.1. The Morgan fingerprint density at radius 2 is 1.81 bits per heavy atom. The third-order valence-electron chi connectivity index (χ3n) is 4.77. The molecule has 3 heteroatoms. The molecular weight excluding hydrogens is 332 g/mol. The Balaban J connectivity index is 2.02. The molecule has 0 fully saturated rings. The van der Waals surface area contributed by atoms with Crippen LogP contribution in [-0.2, 0) is 0 Å². The van der Waals surface area contributed by atoms with Gasteiger partial charge in [0.1, 0.15) is 6.29 Å². The van der Waals surface area contributed by atoms with Crippen molar-refractivity contribution in [2.24, 2.45) is 0 Å². The van der Waals surface area contributed by atoms with Crippen molar-refractivity contribution in [2.75, 3.05) is 0 Å². The number of pyridine rings is 1. The first-order valence-electron chi connectivity index (χ1n) is 8.74. The van der Waals surface area contributed by atoms with Gasteiger partial charge in [-0.15, -0.1) is 0 Å². The Labute approximate surface area is 159 Å². The van der Waals surface area contributed by atoms with Crippen molar-refractivity contribution < 1.29 is 4.79 Å². The average Bonchev–Trinajstić information content (AvgIpc) is 2.70. The van der Waals surface area contributed by atoms with E-state index in [4.69, 9.17) is 0 Å². The van der Waals surface area contributed by atoms with E-state index in [1.54, 1.807) is 6.20 Å². The van der Waals surface area contributed by atoms with Crippen LogP contribution in [0.3, 0.4) is 0 Å². The third-order valence-corrected chi connectivity index (χ3v) is 4.77. The molecule has 3 aromatic rings. The van der Waals surface area contributed by atoms with Gasteiger partial charge in [0.25, 0.3) is 0 Å². The highest BCUT2D eigenvalue weighted by molar-refractivity contribution is 5.83. The maximum atomic E-state index is 10.8. The van der Waals surface area contributed by atoms with Crippen LogP contribution in [0.1, 0.15) is 45.2 Å². The molecule has 0 saturated carbocycles. The largest absolute Gasteiger partial charge is 0.298 e. The molecular formula is C24H20N2O. The number of aromatic nitrogens is 1. The quantitative estimate of drug-likeness (QED) is 0.573. The van der Waals surface area contributed by atoms with Crippen LogP contribution in [0.2, 0.25) is 0 Å². The lowest BCUT2D eigenvalue weighted by Gasteiger charge is -2.11. The summed E-state index contributed by atoms with van der Waals surface area (Å²) in [7, 11) is 0. The number of aldehydes is 1. The van der Waals surface area contributed by atoms with E-state index in [2.05, 4.69) is 11.1 Å². The maximum absolute atomic E-state index is 10.8. The van der Waals surface area contributed by atoms with Crippen molar-refractivity contribution in [3.63, 3.8) is 0 Å². The van der Waals surface area contributed by atoms with Crippen LogP contribution in [0.25, 0.3) is 22.8 Å². The molecule has 0 atom stereocenters. The molecule has 2 aromatic carbocycles. The molecule has 3 nitrogen and oxygen atoms in total. The van der Waals surface area contributed by atoms with Crippen LogP contribution in [0, 0.1) is 25.2 Å². The molecule has 0 amide bonds. The zero-order chi connectivity index (χ0) is 19.4. The summed E-state index contributed by atoms with van der Waals surface area (Å²) >= 11 is 0. The van der Waals surface area contributed by atoms with Crippen LogP contribution in [0.4, 0.5) is 0 Å². The minimum atomic E-state index is 0.663. The van der Waals surface area contributed by atoms with Gasteiger partial charge in [0.05, 0.1) is 17.3 Å². The van der Waals surface area contributed by atoms with Crippen molar-refractivity contribution in [3.8, 4) is 17.2 Å². The fourth-order valence-corrected chi connectivity index (χ4v) is 3.03. The Morgan fingerprint density at radius 1 is 1.07 bits per heavy atom. The summed E-state index contributed by atoms with van der Waals surface area (Å²) in [6.07, 6.45) is 4.69. The fraction of sp³-hybridized carbons (Fsp3) is 0.125. The van der Waals surface area contributed by atoms with Gasteiger partial charge < -0.3 is 0 Å². The zero-order valence-electron chi connectivity index (χ0n) is 15.7. The van der Waals surface area contributed by atoms with Gasteiger partial charge in [-0.2, -0.15) is 5.26 Å². The predicted molar refractivity (Wildman–Crippen MR) is 109 cm³/mol. The van der Waals surface area contributed by atoms with E-state index < -0.39 is 0 Å². The average molecular weight is 352 g/mol. The first-order chi connectivity index (χ1) is 13.0. The summed E-state index contributed by atoms with van der Waals surface area (Å²) in [6, 6.07) is 17.7. The summed E-state index contributed by atoms with van der Waals surface area (Å²) in [5.41, 5.74) is 8.48. The van der Waals surface area contributed by atoms with Crippen LogP contribution in [-0.4, -0.2) is 11.3 Å². The second kappa shape index (κ2) is 7.80. The van der Waals surface area contributed by atoms with Crippen molar-refractivity contribution >= 4 is 17.9 Å². The lowest BCUT2D eigenvalue weighted by atomic mass is 9.95. The SMILES string of the molecule is C/C(=C\c1nccc(-c2ccc(C)c(C#N)c2)c1C)c1ccc(C=O)cc1. The zero-order valence-corrected chi connectivity index (χ0v) is 15.7. The molecule has 1 aromatic heterocycles. The molecule has 0 aliphatic rings. The maximum Gasteiger partial charge on any atom is 0.150 e. The van der Waals surface area contributed by atoms with E-state index in [-0.39, 0.29) is 0 Å². The van der Waals surface area contributed by atoms with Crippen LogP contribution in [0.15, 0.2) is 54.7 Å². The number of allylic oxidation sites excluding steroid dienone is 1. The van der Waals surface area contributed by atoms with Gasteiger partial charge in [-0.05, 0) is 72.4 Å². The molecule has 132 valence electrons. The molecule has 3 rings (SSSR count). The number of nitrogens with zero attached hydrogens (tertiary/aromatic N) is 2. The number of rotatable bonds is 4. The lowest BCUT2D eigenvalue weighted by Crippen LogP contribution is -1.93. The molecule has 0 radical (unpaired) electrons. The third kappa shape index (κ3) is 3.86. The topological polar surface area (TPSA) is 53.8 Å². The number of nitriles is 1. The minimum Gasteiger partial charge on any atom is -0.298 e. The molecule has 0 N–H and O–H groups in total. The summed E-state index contributed by atoms with van der Waals surface area (Å²) in [4.78, 5) is 15.3. The molecule has 0 unspecified atom stereocenters. The normalized spacial score (nSPS) is 11.1. The van der Waals surface area contributed by atoms with Gasteiger partial charge in [0.15, 0.2) is 0 Å². The standard InChI is InChI=1S/C24H20N2O/c1-16-4-7-21(13-22(16)14-25)23-10-11-26-24(18(23)3)12-17(2)20-8-5-19(15-27)6-9-20/h4-13,15H,1-3H3/b17-12+. The predicted octanol–water partition coefficient (Wildman–Crippen LogP) is 5.61. The second-order valence-electron chi connectivity index (χ2n) is 6.58. The van der Waals surface area contributed by atoms with E-state index in [1.165, 1.54) is 0 Å². The van der Waals surface area contributed by atoms with Gasteiger partial charge in [0.2, 0.25) is 0 Å². The van der Waals surface area contributed by atoms with Crippen LogP contribution < -0.4 is 0 Å². The fourth-order valence-electron chi connectivity index (χ4n) is 3.03. The first-order valence-corrected chi connectivity index (χ1v) is 8.74. The summed E-state index contributed by atoms with van der Waals surface area (Å²) in [6.45, 7) is 6.02. The van der Waals surface area contributed by atoms with Gasteiger partial charge in [-0.3, -0.25) is 9.78 Å². The monoisotopic (exact) mass is 352 g/mol.